The number of ether oxygens (including phenoxy) is 1. The fraction of sp³-hybridized carbons (Fsp3) is 0.692. The fourth-order valence-corrected chi connectivity index (χ4v) is 1.62. The molecule has 0 aromatic carbocycles. The lowest BCUT2D eigenvalue weighted by molar-refractivity contribution is -0.141. The van der Waals surface area contributed by atoms with Crippen molar-refractivity contribution in [2.75, 3.05) is 0 Å². The molecule has 0 radical (unpaired) electrons. The molecule has 1 aromatic rings. The zero-order chi connectivity index (χ0) is 16.4. The maximum Gasteiger partial charge on any atom is 0.432 e. The molecule has 0 aliphatic rings. The van der Waals surface area contributed by atoms with Gasteiger partial charge in [0.2, 0.25) is 0 Å². The number of hydrogen-bond donors (Lipinski definition) is 2. The number of alkyl carbamates (subject to hydrolysis) is 1. The first kappa shape index (κ1) is 17.3. The molecule has 0 saturated heterocycles. The average Bonchev–Trinajstić information content (AvgIpc) is 2.71. The number of nitrogens with one attached hydrogen (secondary N) is 2. The summed E-state index contributed by atoms with van der Waals surface area (Å²) >= 11 is 0. The molecule has 120 valence electrons. The number of amides is 1. The summed E-state index contributed by atoms with van der Waals surface area (Å²) in [7, 11) is 0. The van der Waals surface area contributed by atoms with Gasteiger partial charge in [-0.2, -0.15) is 13.2 Å². The van der Waals surface area contributed by atoms with Crippen molar-refractivity contribution in [3.05, 3.63) is 17.7 Å². The van der Waals surface area contributed by atoms with Crippen molar-refractivity contribution in [2.24, 2.45) is 5.92 Å². The van der Waals surface area contributed by atoms with Crippen molar-refractivity contribution in [3.63, 3.8) is 0 Å². The lowest BCUT2D eigenvalue weighted by Gasteiger charge is -2.24. The van der Waals surface area contributed by atoms with E-state index in [9.17, 15) is 18.0 Å². The second-order valence-corrected chi connectivity index (χ2v) is 6.05. The van der Waals surface area contributed by atoms with Crippen LogP contribution >= 0.6 is 0 Å². The molecule has 1 aromatic heterocycles. The van der Waals surface area contributed by atoms with Gasteiger partial charge in [0.05, 0.1) is 12.2 Å². The molecule has 1 amide bonds. The zero-order valence-corrected chi connectivity index (χ0v) is 12.6. The van der Waals surface area contributed by atoms with Crippen LogP contribution in [-0.4, -0.2) is 21.7 Å². The molecule has 1 unspecified atom stereocenters. The maximum absolute atomic E-state index is 12.6. The lowest BCUT2D eigenvalue weighted by atomic mass is 10.0. The molecule has 0 saturated carbocycles. The van der Waals surface area contributed by atoms with Crippen LogP contribution in [-0.2, 0) is 10.9 Å². The number of alkyl halides is 3. The average molecular weight is 307 g/mol. The number of H-pyrrole nitrogens is 1. The number of hydrogen-bond acceptors (Lipinski definition) is 3. The maximum atomic E-state index is 12.6. The summed E-state index contributed by atoms with van der Waals surface area (Å²) < 4.78 is 42.8. The van der Waals surface area contributed by atoms with Gasteiger partial charge in [-0.05, 0) is 26.7 Å². The minimum absolute atomic E-state index is 0.0446. The molecule has 5 nitrogen and oxygen atoms in total. The Bertz CT molecular complexity index is 490. The number of aromatic nitrogens is 2. The van der Waals surface area contributed by atoms with E-state index in [2.05, 4.69) is 15.3 Å². The smallest absolute Gasteiger partial charge is 0.432 e. The summed E-state index contributed by atoms with van der Waals surface area (Å²) in [6, 6.07) is -0.698. The molecular formula is C13H20F3N3O2. The number of imidazole rings is 1. The predicted octanol–water partition coefficient (Wildman–Crippen LogP) is 3.65. The van der Waals surface area contributed by atoms with E-state index in [0.29, 0.717) is 6.20 Å². The third kappa shape index (κ3) is 5.28. The third-order valence-corrected chi connectivity index (χ3v) is 2.53. The normalized spacial score (nSPS) is 14.1. The van der Waals surface area contributed by atoms with Gasteiger partial charge in [0.25, 0.3) is 0 Å². The summed E-state index contributed by atoms with van der Waals surface area (Å²) in [5, 5.41) is 2.53. The number of rotatable bonds is 3. The van der Waals surface area contributed by atoms with Gasteiger partial charge < -0.3 is 15.0 Å². The highest BCUT2D eigenvalue weighted by atomic mass is 19.4. The Kier molecular flexibility index (Phi) is 4.91. The Morgan fingerprint density at radius 2 is 1.90 bits per heavy atom. The van der Waals surface area contributed by atoms with Gasteiger partial charge in [-0.15, -0.1) is 0 Å². The Morgan fingerprint density at radius 3 is 2.29 bits per heavy atom. The summed E-state index contributed by atoms with van der Waals surface area (Å²) in [5.74, 6) is -0.118. The molecule has 21 heavy (non-hydrogen) atoms. The van der Waals surface area contributed by atoms with Crippen molar-refractivity contribution < 1.29 is 22.7 Å². The van der Waals surface area contributed by atoms with Gasteiger partial charge in [-0.3, -0.25) is 0 Å². The van der Waals surface area contributed by atoms with Crippen LogP contribution < -0.4 is 5.32 Å². The van der Waals surface area contributed by atoms with Gasteiger partial charge in [0.15, 0.2) is 0 Å². The van der Waals surface area contributed by atoms with E-state index in [4.69, 9.17) is 4.74 Å². The highest BCUT2D eigenvalue weighted by Crippen LogP contribution is 2.29. The summed E-state index contributed by atoms with van der Waals surface area (Å²) in [5.41, 5.74) is -1.64. The van der Waals surface area contributed by atoms with Crippen molar-refractivity contribution in [3.8, 4) is 0 Å². The van der Waals surface area contributed by atoms with E-state index >= 15 is 0 Å². The monoisotopic (exact) mass is 307 g/mol. The molecule has 1 heterocycles. The number of aromatic amines is 1. The van der Waals surface area contributed by atoms with Crippen LogP contribution in [0.1, 0.15) is 52.2 Å². The van der Waals surface area contributed by atoms with Crippen LogP contribution in [0.15, 0.2) is 6.20 Å². The van der Waals surface area contributed by atoms with E-state index in [1.807, 2.05) is 0 Å². The highest BCUT2D eigenvalue weighted by molar-refractivity contribution is 5.68. The Labute approximate surface area is 121 Å². The van der Waals surface area contributed by atoms with Gasteiger partial charge in [-0.25, -0.2) is 9.78 Å². The molecule has 0 aliphatic carbocycles. The van der Waals surface area contributed by atoms with Gasteiger partial charge in [0.1, 0.15) is 17.1 Å². The standard InChI is InChI=1S/C13H20F3N3O2/c1-7(2)9(19-11(20)21-12(3,4)5)10-17-6-8(18-10)13(14,15)16/h6-7,9H,1-5H3,(H,17,18)(H,19,20). The van der Waals surface area contributed by atoms with Crippen LogP contribution in [0.4, 0.5) is 18.0 Å². The summed E-state index contributed by atoms with van der Waals surface area (Å²) in [6.07, 6.45) is -4.49. The molecule has 0 aliphatic heterocycles. The number of nitrogens with zero attached hydrogens (tertiary/aromatic N) is 1. The van der Waals surface area contributed by atoms with Crippen LogP contribution in [0, 0.1) is 5.92 Å². The quantitative estimate of drug-likeness (QED) is 0.895. The molecule has 1 atom stereocenters. The molecule has 2 N–H and O–H groups in total. The van der Waals surface area contributed by atoms with E-state index in [-0.39, 0.29) is 11.7 Å². The molecule has 0 bridgehead atoms. The predicted molar refractivity (Wildman–Crippen MR) is 70.5 cm³/mol. The molecule has 0 spiro atoms. The van der Waals surface area contributed by atoms with Crippen LogP contribution in [0.2, 0.25) is 0 Å². The van der Waals surface area contributed by atoms with E-state index in [1.54, 1.807) is 34.6 Å². The third-order valence-electron chi connectivity index (χ3n) is 2.53. The number of carbonyl (C=O) groups excluding carboxylic acids is 1. The first-order chi connectivity index (χ1) is 9.40. The van der Waals surface area contributed by atoms with Gasteiger partial charge in [0, 0.05) is 0 Å². The minimum Gasteiger partial charge on any atom is -0.444 e. The Hall–Kier alpha value is -1.73. The molecular weight excluding hydrogens is 287 g/mol. The van der Waals surface area contributed by atoms with Crippen molar-refractivity contribution in [1.82, 2.24) is 15.3 Å². The largest absolute Gasteiger partial charge is 0.444 e. The second-order valence-electron chi connectivity index (χ2n) is 6.05. The van der Waals surface area contributed by atoms with Gasteiger partial charge >= 0.3 is 12.3 Å². The van der Waals surface area contributed by atoms with Crippen LogP contribution in [0.3, 0.4) is 0 Å². The fourth-order valence-electron chi connectivity index (χ4n) is 1.62. The highest BCUT2D eigenvalue weighted by Gasteiger charge is 2.34. The molecule has 0 fully saturated rings. The van der Waals surface area contributed by atoms with Crippen LogP contribution in [0.25, 0.3) is 0 Å². The number of halogens is 3. The molecule has 1 rings (SSSR count). The van der Waals surface area contributed by atoms with Crippen molar-refractivity contribution in [2.45, 2.75) is 52.4 Å². The lowest BCUT2D eigenvalue weighted by Crippen LogP contribution is -2.37. The number of carbonyl (C=O) groups is 1. The van der Waals surface area contributed by atoms with E-state index in [0.717, 1.165) is 0 Å². The first-order valence-corrected chi connectivity index (χ1v) is 6.52. The van der Waals surface area contributed by atoms with Gasteiger partial charge in [-0.1, -0.05) is 13.8 Å². The topological polar surface area (TPSA) is 67.0 Å². The SMILES string of the molecule is CC(C)C(NC(=O)OC(C)(C)C)c1ncc(C(F)(F)F)[nH]1. The summed E-state index contributed by atoms with van der Waals surface area (Å²) in [4.78, 5) is 17.7. The Morgan fingerprint density at radius 1 is 1.33 bits per heavy atom. The van der Waals surface area contributed by atoms with E-state index in [1.165, 1.54) is 0 Å². The van der Waals surface area contributed by atoms with Crippen molar-refractivity contribution in [1.29, 1.82) is 0 Å². The van der Waals surface area contributed by atoms with Crippen molar-refractivity contribution >= 4 is 6.09 Å². The zero-order valence-electron chi connectivity index (χ0n) is 12.6. The first-order valence-electron chi connectivity index (χ1n) is 6.52. The van der Waals surface area contributed by atoms with E-state index < -0.39 is 29.6 Å². The summed E-state index contributed by atoms with van der Waals surface area (Å²) in [6.45, 7) is 8.62. The molecule has 8 heteroatoms. The Balaban J connectivity index is 2.88. The van der Waals surface area contributed by atoms with Crippen LogP contribution in [0.5, 0.6) is 0 Å². The minimum atomic E-state index is -4.50. The second kappa shape index (κ2) is 5.95.